The number of nitrogens with two attached hydrogens (primary N) is 1. The second kappa shape index (κ2) is 3.52. The summed E-state index contributed by atoms with van der Waals surface area (Å²) in [5.74, 6) is 1.64. The molecule has 1 aliphatic heterocycles. The molecular formula is C13H15N3O. The highest BCUT2D eigenvalue weighted by Gasteiger charge is 2.23. The molecule has 2 aromatic rings. The summed E-state index contributed by atoms with van der Waals surface area (Å²) in [5, 5.41) is 4.42. The van der Waals surface area contributed by atoms with Crippen LogP contribution in [0.1, 0.15) is 12.5 Å². The van der Waals surface area contributed by atoms with Crippen molar-refractivity contribution in [2.45, 2.75) is 19.4 Å². The van der Waals surface area contributed by atoms with Gasteiger partial charge in [0, 0.05) is 30.7 Å². The molecule has 1 aromatic carbocycles. The maximum absolute atomic E-state index is 5.82. The molecule has 88 valence electrons. The van der Waals surface area contributed by atoms with Crippen LogP contribution < -0.4 is 10.5 Å². The van der Waals surface area contributed by atoms with Crippen molar-refractivity contribution in [3.8, 4) is 17.0 Å². The van der Waals surface area contributed by atoms with E-state index in [-0.39, 0.29) is 6.10 Å². The van der Waals surface area contributed by atoms with Crippen molar-refractivity contribution in [1.29, 1.82) is 0 Å². The topological polar surface area (TPSA) is 53.1 Å². The van der Waals surface area contributed by atoms with Gasteiger partial charge in [0.2, 0.25) is 0 Å². The van der Waals surface area contributed by atoms with Crippen LogP contribution in [-0.2, 0) is 13.5 Å². The Hall–Kier alpha value is -1.97. The minimum atomic E-state index is 0.243. The van der Waals surface area contributed by atoms with Gasteiger partial charge in [-0.15, -0.1) is 0 Å². The molecule has 3 rings (SSSR count). The molecule has 1 atom stereocenters. The summed E-state index contributed by atoms with van der Waals surface area (Å²) in [6.45, 7) is 2.08. The minimum absolute atomic E-state index is 0.243. The van der Waals surface area contributed by atoms with Crippen molar-refractivity contribution in [2.75, 3.05) is 5.73 Å². The molecule has 1 aromatic heterocycles. The molecule has 0 spiro atoms. The van der Waals surface area contributed by atoms with E-state index in [0.29, 0.717) is 5.82 Å². The molecule has 0 bridgehead atoms. The van der Waals surface area contributed by atoms with Crippen molar-refractivity contribution >= 4 is 5.82 Å². The fourth-order valence-corrected chi connectivity index (χ4v) is 2.29. The van der Waals surface area contributed by atoms with Crippen LogP contribution in [0, 0.1) is 0 Å². The van der Waals surface area contributed by atoms with E-state index in [2.05, 4.69) is 18.1 Å². The van der Waals surface area contributed by atoms with Crippen molar-refractivity contribution in [3.63, 3.8) is 0 Å². The number of aryl methyl sites for hydroxylation is 1. The third-order valence-electron chi connectivity index (χ3n) is 3.14. The SMILES string of the molecule is CC1Cc2c(cccc2-c2cc(N)n(C)n2)O1. The van der Waals surface area contributed by atoms with E-state index in [1.807, 2.05) is 25.2 Å². The first kappa shape index (κ1) is 10.2. The second-order valence-corrected chi connectivity index (χ2v) is 4.49. The van der Waals surface area contributed by atoms with Crippen molar-refractivity contribution in [2.24, 2.45) is 7.05 Å². The fraction of sp³-hybridized carbons (Fsp3) is 0.308. The predicted molar refractivity (Wildman–Crippen MR) is 66.9 cm³/mol. The Labute approximate surface area is 100 Å². The average Bonchev–Trinajstić information content (AvgIpc) is 2.81. The number of aromatic nitrogens is 2. The Morgan fingerprint density at radius 1 is 1.47 bits per heavy atom. The summed E-state index contributed by atoms with van der Waals surface area (Å²) < 4.78 is 7.43. The average molecular weight is 229 g/mol. The molecule has 2 heterocycles. The zero-order chi connectivity index (χ0) is 12.0. The lowest BCUT2D eigenvalue weighted by atomic mass is 10.0. The maximum Gasteiger partial charge on any atom is 0.123 e. The van der Waals surface area contributed by atoms with Gasteiger partial charge in [0.15, 0.2) is 0 Å². The van der Waals surface area contributed by atoms with Crippen LogP contribution in [0.4, 0.5) is 5.82 Å². The van der Waals surface area contributed by atoms with Gasteiger partial charge < -0.3 is 10.5 Å². The number of hydrogen-bond acceptors (Lipinski definition) is 3. The standard InChI is InChI=1S/C13H15N3O/c1-8-6-10-9(4-3-5-12(10)17-8)11-7-13(14)16(2)15-11/h3-5,7-8H,6,14H2,1-2H3. The van der Waals surface area contributed by atoms with Crippen LogP contribution in [-0.4, -0.2) is 15.9 Å². The van der Waals surface area contributed by atoms with Gasteiger partial charge in [-0.3, -0.25) is 4.68 Å². The quantitative estimate of drug-likeness (QED) is 0.813. The molecule has 0 saturated carbocycles. The van der Waals surface area contributed by atoms with E-state index in [4.69, 9.17) is 10.5 Å². The molecule has 0 aliphatic carbocycles. The van der Waals surface area contributed by atoms with Gasteiger partial charge in [0.1, 0.15) is 17.7 Å². The fourth-order valence-electron chi connectivity index (χ4n) is 2.29. The second-order valence-electron chi connectivity index (χ2n) is 4.49. The maximum atomic E-state index is 5.82. The first-order valence-corrected chi connectivity index (χ1v) is 5.73. The highest BCUT2D eigenvalue weighted by atomic mass is 16.5. The van der Waals surface area contributed by atoms with Crippen molar-refractivity contribution < 1.29 is 4.74 Å². The molecule has 0 radical (unpaired) electrons. The van der Waals surface area contributed by atoms with Gasteiger partial charge in [-0.25, -0.2) is 0 Å². The first-order chi connectivity index (χ1) is 8.15. The Bertz CT molecular complexity index is 555. The van der Waals surface area contributed by atoms with Crippen LogP contribution >= 0.6 is 0 Å². The monoisotopic (exact) mass is 229 g/mol. The summed E-state index contributed by atoms with van der Waals surface area (Å²) in [6, 6.07) is 7.98. The van der Waals surface area contributed by atoms with Gasteiger partial charge >= 0.3 is 0 Å². The summed E-state index contributed by atoms with van der Waals surface area (Å²) in [5.41, 5.74) is 9.09. The van der Waals surface area contributed by atoms with E-state index in [0.717, 1.165) is 23.4 Å². The van der Waals surface area contributed by atoms with Crippen LogP contribution in [0.3, 0.4) is 0 Å². The summed E-state index contributed by atoms with van der Waals surface area (Å²) in [7, 11) is 1.85. The van der Waals surface area contributed by atoms with Gasteiger partial charge in [-0.2, -0.15) is 5.10 Å². The van der Waals surface area contributed by atoms with Crippen molar-refractivity contribution in [1.82, 2.24) is 9.78 Å². The zero-order valence-corrected chi connectivity index (χ0v) is 9.97. The zero-order valence-electron chi connectivity index (χ0n) is 9.97. The molecule has 1 unspecified atom stereocenters. The highest BCUT2D eigenvalue weighted by molar-refractivity contribution is 5.69. The molecule has 4 nitrogen and oxygen atoms in total. The predicted octanol–water partition coefficient (Wildman–Crippen LogP) is 1.99. The molecule has 0 saturated heterocycles. The Balaban J connectivity index is 2.13. The van der Waals surface area contributed by atoms with Crippen LogP contribution in [0.2, 0.25) is 0 Å². The molecule has 0 amide bonds. The highest BCUT2D eigenvalue weighted by Crippen LogP contribution is 2.36. The number of benzene rings is 1. The van der Waals surface area contributed by atoms with Crippen LogP contribution in [0.5, 0.6) is 5.75 Å². The van der Waals surface area contributed by atoms with Crippen LogP contribution in [0.15, 0.2) is 24.3 Å². The van der Waals surface area contributed by atoms with Crippen LogP contribution in [0.25, 0.3) is 11.3 Å². The van der Waals surface area contributed by atoms with E-state index in [1.54, 1.807) is 4.68 Å². The number of fused-ring (bicyclic) bond motifs is 1. The van der Waals surface area contributed by atoms with E-state index >= 15 is 0 Å². The Kier molecular flexibility index (Phi) is 2.11. The van der Waals surface area contributed by atoms with E-state index < -0.39 is 0 Å². The third-order valence-corrected chi connectivity index (χ3v) is 3.14. The molecule has 4 heteroatoms. The van der Waals surface area contributed by atoms with Gasteiger partial charge in [0.25, 0.3) is 0 Å². The third kappa shape index (κ3) is 1.56. The molecule has 17 heavy (non-hydrogen) atoms. The number of rotatable bonds is 1. The summed E-state index contributed by atoms with van der Waals surface area (Å²) in [4.78, 5) is 0. The number of nitrogens with zero attached hydrogens (tertiary/aromatic N) is 2. The smallest absolute Gasteiger partial charge is 0.123 e. The molecular weight excluding hydrogens is 214 g/mol. The van der Waals surface area contributed by atoms with Gasteiger partial charge in [0.05, 0.1) is 5.69 Å². The molecule has 1 aliphatic rings. The number of ether oxygens (including phenoxy) is 1. The van der Waals surface area contributed by atoms with Crippen molar-refractivity contribution in [3.05, 3.63) is 29.8 Å². The number of anilines is 1. The van der Waals surface area contributed by atoms with E-state index in [1.165, 1.54) is 5.56 Å². The Morgan fingerprint density at radius 2 is 2.29 bits per heavy atom. The van der Waals surface area contributed by atoms with E-state index in [9.17, 15) is 0 Å². The lowest BCUT2D eigenvalue weighted by Crippen LogP contribution is -2.05. The minimum Gasteiger partial charge on any atom is -0.490 e. The number of nitrogen functional groups attached to an aromatic ring is 1. The lowest BCUT2D eigenvalue weighted by molar-refractivity contribution is 0.254. The molecule has 2 N–H and O–H groups in total. The summed E-state index contributed by atoms with van der Waals surface area (Å²) in [6.07, 6.45) is 1.18. The number of hydrogen-bond donors (Lipinski definition) is 1. The normalized spacial score (nSPS) is 17.9. The first-order valence-electron chi connectivity index (χ1n) is 5.73. The Morgan fingerprint density at radius 3 is 3.00 bits per heavy atom. The van der Waals surface area contributed by atoms with Gasteiger partial charge in [-0.05, 0) is 13.0 Å². The molecule has 0 fully saturated rings. The largest absolute Gasteiger partial charge is 0.490 e. The lowest BCUT2D eigenvalue weighted by Gasteiger charge is -2.03. The van der Waals surface area contributed by atoms with Gasteiger partial charge in [-0.1, -0.05) is 12.1 Å². The summed E-state index contributed by atoms with van der Waals surface area (Å²) >= 11 is 0.